The molecule has 1 saturated heterocycles. The zero-order chi connectivity index (χ0) is 23.2. The number of nitrogens with zero attached hydrogens (tertiary/aromatic N) is 4. The second-order valence-electron chi connectivity index (χ2n) is 8.48. The molecule has 0 radical (unpaired) electrons. The van der Waals surface area contributed by atoms with Crippen LogP contribution in [0.4, 0.5) is 0 Å². The van der Waals surface area contributed by atoms with E-state index in [0.717, 1.165) is 23.9 Å². The van der Waals surface area contributed by atoms with Crippen molar-refractivity contribution in [2.45, 2.75) is 45.3 Å². The lowest BCUT2D eigenvalue weighted by Gasteiger charge is -2.33. The third-order valence-electron chi connectivity index (χ3n) is 6.11. The number of rotatable bonds is 7. The zero-order valence-electron chi connectivity index (χ0n) is 18.7. The molecule has 4 rings (SSSR count). The Morgan fingerprint density at radius 2 is 1.76 bits per heavy atom. The highest BCUT2D eigenvalue weighted by Crippen LogP contribution is 2.22. The van der Waals surface area contributed by atoms with E-state index >= 15 is 0 Å². The van der Waals surface area contributed by atoms with E-state index in [1.165, 1.54) is 5.56 Å². The molecule has 1 atom stereocenters. The van der Waals surface area contributed by atoms with Gasteiger partial charge in [-0.15, -0.1) is 5.10 Å². The van der Waals surface area contributed by atoms with Crippen LogP contribution in [-0.4, -0.2) is 51.0 Å². The number of hydrogen-bond donors (Lipinski definition) is 0. The SMILES string of the molecule is CC(OC(=O)CCn1nnc2ccccc2c1=O)C(=O)N1CCC(Cc2ccccc2)CC1. The average molecular weight is 449 g/mol. The molecule has 0 spiro atoms. The Labute approximate surface area is 192 Å². The summed E-state index contributed by atoms with van der Waals surface area (Å²) in [6.45, 7) is 2.97. The average Bonchev–Trinajstić information content (AvgIpc) is 2.84. The molecule has 0 N–H and O–H groups in total. The largest absolute Gasteiger partial charge is 0.452 e. The van der Waals surface area contributed by atoms with Crippen molar-refractivity contribution in [3.8, 4) is 0 Å². The topological polar surface area (TPSA) is 94.4 Å². The number of likely N-dealkylation sites (tertiary alicyclic amines) is 1. The van der Waals surface area contributed by atoms with Crippen LogP contribution < -0.4 is 5.56 Å². The molecule has 0 aliphatic carbocycles. The lowest BCUT2D eigenvalue weighted by atomic mass is 9.90. The fraction of sp³-hybridized carbons (Fsp3) is 0.400. The molecule has 8 nitrogen and oxygen atoms in total. The maximum Gasteiger partial charge on any atom is 0.308 e. The van der Waals surface area contributed by atoms with E-state index in [9.17, 15) is 14.4 Å². The number of carbonyl (C=O) groups is 2. The van der Waals surface area contributed by atoms with Gasteiger partial charge in [-0.2, -0.15) is 0 Å². The minimum atomic E-state index is -0.859. The third-order valence-corrected chi connectivity index (χ3v) is 6.11. The number of aryl methyl sites for hydroxylation is 1. The summed E-state index contributed by atoms with van der Waals surface area (Å²) in [4.78, 5) is 39.3. The standard InChI is InChI=1S/C25H28N4O4/c1-18(24(31)28-14-11-20(12-15-28)17-19-7-3-2-4-8-19)33-23(30)13-16-29-25(32)21-9-5-6-10-22(21)26-27-29/h2-10,18,20H,11-17H2,1H3. The summed E-state index contributed by atoms with van der Waals surface area (Å²) in [5.74, 6) is -0.170. The van der Waals surface area contributed by atoms with Crippen molar-refractivity contribution in [3.63, 3.8) is 0 Å². The smallest absolute Gasteiger partial charge is 0.308 e. The number of piperidine rings is 1. The fourth-order valence-corrected chi connectivity index (χ4v) is 4.24. The molecule has 2 aromatic carbocycles. The molecular formula is C25H28N4O4. The van der Waals surface area contributed by atoms with Crippen molar-refractivity contribution in [2.75, 3.05) is 13.1 Å². The van der Waals surface area contributed by atoms with Crippen molar-refractivity contribution in [3.05, 3.63) is 70.5 Å². The normalized spacial score (nSPS) is 15.4. The molecule has 33 heavy (non-hydrogen) atoms. The summed E-state index contributed by atoms with van der Waals surface area (Å²) in [7, 11) is 0. The van der Waals surface area contributed by atoms with Gasteiger partial charge in [-0.1, -0.05) is 47.7 Å². The van der Waals surface area contributed by atoms with E-state index in [0.29, 0.717) is 29.9 Å². The molecule has 1 aromatic heterocycles. The van der Waals surface area contributed by atoms with Gasteiger partial charge >= 0.3 is 5.97 Å². The minimum Gasteiger partial charge on any atom is -0.452 e. The Bertz CT molecular complexity index is 1170. The van der Waals surface area contributed by atoms with E-state index in [4.69, 9.17) is 4.74 Å². The van der Waals surface area contributed by atoms with Crippen LogP contribution in [0.3, 0.4) is 0 Å². The summed E-state index contributed by atoms with van der Waals surface area (Å²) in [6, 6.07) is 17.3. The quantitative estimate of drug-likeness (QED) is 0.516. The first-order valence-corrected chi connectivity index (χ1v) is 11.4. The number of esters is 1. The molecule has 1 aliphatic heterocycles. The monoisotopic (exact) mass is 448 g/mol. The molecule has 1 unspecified atom stereocenters. The Morgan fingerprint density at radius 3 is 2.52 bits per heavy atom. The highest BCUT2D eigenvalue weighted by molar-refractivity contribution is 5.83. The van der Waals surface area contributed by atoms with Gasteiger partial charge in [0.15, 0.2) is 6.10 Å². The lowest BCUT2D eigenvalue weighted by Crippen LogP contribution is -2.44. The number of carbonyl (C=O) groups excluding carboxylic acids is 2. The van der Waals surface area contributed by atoms with E-state index in [1.807, 2.05) is 18.2 Å². The maximum absolute atomic E-state index is 12.7. The van der Waals surface area contributed by atoms with E-state index < -0.39 is 12.1 Å². The van der Waals surface area contributed by atoms with Gasteiger partial charge < -0.3 is 9.64 Å². The summed E-state index contributed by atoms with van der Waals surface area (Å²) in [5, 5.41) is 8.32. The Morgan fingerprint density at radius 1 is 1.06 bits per heavy atom. The van der Waals surface area contributed by atoms with Crippen LogP contribution in [0.1, 0.15) is 31.7 Å². The van der Waals surface area contributed by atoms with Gasteiger partial charge in [-0.3, -0.25) is 14.4 Å². The second-order valence-corrected chi connectivity index (χ2v) is 8.48. The lowest BCUT2D eigenvalue weighted by molar-refractivity contribution is -0.160. The van der Waals surface area contributed by atoms with Crippen LogP contribution in [0, 0.1) is 5.92 Å². The maximum atomic E-state index is 12.7. The summed E-state index contributed by atoms with van der Waals surface area (Å²) < 4.78 is 6.49. The number of benzene rings is 2. The number of ether oxygens (including phenoxy) is 1. The Hall–Kier alpha value is -3.55. The van der Waals surface area contributed by atoms with Crippen LogP contribution in [0.2, 0.25) is 0 Å². The molecule has 172 valence electrons. The van der Waals surface area contributed by atoms with E-state index in [-0.39, 0.29) is 24.4 Å². The van der Waals surface area contributed by atoms with E-state index in [1.54, 1.807) is 36.1 Å². The minimum absolute atomic E-state index is 0.0429. The first-order valence-electron chi connectivity index (χ1n) is 11.4. The van der Waals surface area contributed by atoms with Crippen LogP contribution in [0.25, 0.3) is 10.9 Å². The molecule has 0 bridgehead atoms. The predicted molar refractivity (Wildman–Crippen MR) is 123 cm³/mol. The number of hydrogen-bond acceptors (Lipinski definition) is 6. The van der Waals surface area contributed by atoms with Gasteiger partial charge in [-0.25, -0.2) is 4.68 Å². The summed E-state index contributed by atoms with van der Waals surface area (Å²) >= 11 is 0. The first kappa shape index (κ1) is 22.6. The highest BCUT2D eigenvalue weighted by atomic mass is 16.5. The van der Waals surface area contributed by atoms with Gasteiger partial charge in [-0.05, 0) is 49.8 Å². The molecule has 1 aliphatic rings. The summed E-state index contributed by atoms with van der Waals surface area (Å²) in [5.41, 5.74) is 1.52. The number of amides is 1. The molecule has 1 fully saturated rings. The third kappa shape index (κ3) is 5.63. The van der Waals surface area contributed by atoms with Crippen molar-refractivity contribution >= 4 is 22.8 Å². The van der Waals surface area contributed by atoms with Crippen molar-refractivity contribution in [1.82, 2.24) is 19.9 Å². The molecular weight excluding hydrogens is 420 g/mol. The zero-order valence-corrected chi connectivity index (χ0v) is 18.7. The van der Waals surface area contributed by atoms with Crippen LogP contribution in [-0.2, 0) is 27.3 Å². The Kier molecular flexibility index (Phi) is 7.12. The van der Waals surface area contributed by atoms with Crippen molar-refractivity contribution in [1.29, 1.82) is 0 Å². The highest BCUT2D eigenvalue weighted by Gasteiger charge is 2.28. The van der Waals surface area contributed by atoms with Gasteiger partial charge in [0.25, 0.3) is 11.5 Å². The molecule has 2 heterocycles. The molecule has 1 amide bonds. The van der Waals surface area contributed by atoms with Crippen LogP contribution in [0.15, 0.2) is 59.4 Å². The molecule has 8 heteroatoms. The van der Waals surface area contributed by atoms with Crippen molar-refractivity contribution < 1.29 is 14.3 Å². The second kappa shape index (κ2) is 10.4. The number of aromatic nitrogens is 3. The first-order chi connectivity index (χ1) is 16.0. The summed E-state index contributed by atoms with van der Waals surface area (Å²) in [6.07, 6.45) is 1.96. The van der Waals surface area contributed by atoms with Gasteiger partial charge in [0.05, 0.1) is 18.4 Å². The predicted octanol–water partition coefficient (Wildman–Crippen LogP) is 2.59. The van der Waals surface area contributed by atoms with Gasteiger partial charge in [0.1, 0.15) is 5.52 Å². The van der Waals surface area contributed by atoms with Crippen molar-refractivity contribution in [2.24, 2.45) is 5.92 Å². The van der Waals surface area contributed by atoms with Crippen LogP contribution in [0.5, 0.6) is 0 Å². The van der Waals surface area contributed by atoms with Gasteiger partial charge in [0, 0.05) is 13.1 Å². The molecule has 0 saturated carbocycles. The Balaban J connectivity index is 1.24. The fourth-order valence-electron chi connectivity index (χ4n) is 4.24. The van der Waals surface area contributed by atoms with Gasteiger partial charge in [0.2, 0.25) is 0 Å². The molecule has 3 aromatic rings. The van der Waals surface area contributed by atoms with Crippen LogP contribution >= 0.6 is 0 Å². The van der Waals surface area contributed by atoms with E-state index in [2.05, 4.69) is 22.4 Å². The number of fused-ring (bicyclic) bond motifs is 1.